The lowest BCUT2D eigenvalue weighted by atomic mass is 9.76. The fraction of sp³-hybridized carbons (Fsp3) is 0.458. The average Bonchev–Trinajstić information content (AvgIpc) is 2.69. The molecule has 0 amide bonds. The molecule has 1 saturated heterocycles. The molecule has 0 bridgehead atoms. The van der Waals surface area contributed by atoms with E-state index in [1.165, 1.54) is 11.1 Å². The van der Waals surface area contributed by atoms with Crippen LogP contribution in [0.5, 0.6) is 0 Å². The van der Waals surface area contributed by atoms with E-state index in [1.807, 2.05) is 13.8 Å². The molecule has 0 saturated carbocycles. The van der Waals surface area contributed by atoms with Gasteiger partial charge in [-0.3, -0.25) is 4.79 Å². The van der Waals surface area contributed by atoms with Gasteiger partial charge >= 0.3 is 5.97 Å². The van der Waals surface area contributed by atoms with Crippen molar-refractivity contribution >= 4 is 5.97 Å². The summed E-state index contributed by atoms with van der Waals surface area (Å²) in [7, 11) is 0. The fourth-order valence-electron chi connectivity index (χ4n) is 4.14. The molecule has 144 valence electrons. The molecule has 0 aliphatic carbocycles. The van der Waals surface area contributed by atoms with Gasteiger partial charge in [-0.1, -0.05) is 60.7 Å². The molecule has 1 heterocycles. The lowest BCUT2D eigenvalue weighted by molar-refractivity contribution is -0.147. The van der Waals surface area contributed by atoms with Crippen molar-refractivity contribution in [1.82, 2.24) is 4.90 Å². The third-order valence-electron chi connectivity index (χ3n) is 5.42. The van der Waals surface area contributed by atoms with Crippen LogP contribution in [0.1, 0.15) is 50.2 Å². The molecule has 3 heteroatoms. The van der Waals surface area contributed by atoms with Gasteiger partial charge in [-0.15, -0.1) is 0 Å². The third-order valence-corrected chi connectivity index (χ3v) is 5.42. The van der Waals surface area contributed by atoms with Gasteiger partial charge in [0.25, 0.3) is 0 Å². The van der Waals surface area contributed by atoms with Crippen molar-refractivity contribution in [2.45, 2.75) is 45.1 Å². The van der Waals surface area contributed by atoms with Crippen molar-refractivity contribution in [1.29, 1.82) is 0 Å². The minimum Gasteiger partial charge on any atom is -0.463 e. The summed E-state index contributed by atoms with van der Waals surface area (Å²) in [5, 5.41) is 0. The van der Waals surface area contributed by atoms with Crippen LogP contribution in [0, 0.1) is 5.92 Å². The summed E-state index contributed by atoms with van der Waals surface area (Å²) in [5.74, 6) is 0.993. The Morgan fingerprint density at radius 2 is 1.48 bits per heavy atom. The van der Waals surface area contributed by atoms with Gasteiger partial charge in [0.2, 0.25) is 0 Å². The summed E-state index contributed by atoms with van der Waals surface area (Å²) < 4.78 is 5.25. The highest BCUT2D eigenvalue weighted by molar-refractivity contribution is 5.69. The summed E-state index contributed by atoms with van der Waals surface area (Å²) in [6.45, 7) is 6.71. The Morgan fingerprint density at radius 3 is 1.96 bits per heavy atom. The smallest absolute Gasteiger partial charge is 0.307 e. The standard InChI is InChI=1S/C24H31NO2/c1-19(2)27-23(26)15-18-25-16-13-22(14-17-25)24(20-9-5-3-6-10-20)21-11-7-4-8-12-21/h3-12,19,22,24H,13-18H2,1-2H3. The lowest BCUT2D eigenvalue weighted by Crippen LogP contribution is -2.37. The molecule has 0 unspecified atom stereocenters. The minimum absolute atomic E-state index is 0.0271. The van der Waals surface area contributed by atoms with Crippen LogP contribution < -0.4 is 0 Å². The average molecular weight is 366 g/mol. The van der Waals surface area contributed by atoms with Crippen LogP contribution in [0.2, 0.25) is 0 Å². The van der Waals surface area contributed by atoms with Crippen molar-refractivity contribution in [3.05, 3.63) is 71.8 Å². The summed E-state index contributed by atoms with van der Waals surface area (Å²) in [6, 6.07) is 21.8. The Bertz CT molecular complexity index is 651. The molecule has 3 nitrogen and oxygen atoms in total. The van der Waals surface area contributed by atoms with Crippen LogP contribution in [-0.4, -0.2) is 36.6 Å². The fourth-order valence-corrected chi connectivity index (χ4v) is 4.14. The maximum absolute atomic E-state index is 11.8. The monoisotopic (exact) mass is 365 g/mol. The largest absolute Gasteiger partial charge is 0.463 e. The van der Waals surface area contributed by atoms with Gasteiger partial charge < -0.3 is 9.64 Å². The number of ether oxygens (including phenoxy) is 1. The van der Waals surface area contributed by atoms with Gasteiger partial charge in [0.1, 0.15) is 0 Å². The zero-order valence-electron chi connectivity index (χ0n) is 16.5. The Kier molecular flexibility index (Phi) is 7.05. The molecular formula is C24H31NO2. The number of piperidine rings is 1. The normalized spacial score (nSPS) is 16.0. The molecule has 0 atom stereocenters. The van der Waals surface area contributed by atoms with E-state index in [9.17, 15) is 4.79 Å². The molecule has 0 N–H and O–H groups in total. The van der Waals surface area contributed by atoms with Crippen molar-refractivity contribution < 1.29 is 9.53 Å². The number of benzene rings is 2. The van der Waals surface area contributed by atoms with Crippen molar-refractivity contribution in [3.63, 3.8) is 0 Å². The van der Waals surface area contributed by atoms with E-state index in [1.54, 1.807) is 0 Å². The Morgan fingerprint density at radius 1 is 0.963 bits per heavy atom. The van der Waals surface area contributed by atoms with Gasteiger partial charge in [0.05, 0.1) is 12.5 Å². The van der Waals surface area contributed by atoms with E-state index in [0.717, 1.165) is 32.5 Å². The first kappa shape index (κ1) is 19.6. The van der Waals surface area contributed by atoms with Crippen molar-refractivity contribution in [2.24, 2.45) is 5.92 Å². The number of esters is 1. The molecule has 1 aliphatic rings. The van der Waals surface area contributed by atoms with E-state index in [2.05, 4.69) is 65.6 Å². The number of carbonyl (C=O) groups is 1. The maximum atomic E-state index is 11.8. The number of nitrogens with zero attached hydrogens (tertiary/aromatic N) is 1. The summed E-state index contributed by atoms with van der Waals surface area (Å²) in [5.41, 5.74) is 2.81. The summed E-state index contributed by atoms with van der Waals surface area (Å²) in [6.07, 6.45) is 2.78. The van der Waals surface area contributed by atoms with Gasteiger partial charge in [0.15, 0.2) is 0 Å². The predicted molar refractivity (Wildman–Crippen MR) is 110 cm³/mol. The van der Waals surface area contributed by atoms with Crippen LogP contribution in [0.3, 0.4) is 0 Å². The van der Waals surface area contributed by atoms with Crippen LogP contribution in [-0.2, 0) is 9.53 Å². The van der Waals surface area contributed by atoms with Gasteiger partial charge in [-0.05, 0) is 56.8 Å². The molecule has 1 aliphatic heterocycles. The minimum atomic E-state index is -0.0847. The van der Waals surface area contributed by atoms with E-state index >= 15 is 0 Å². The maximum Gasteiger partial charge on any atom is 0.307 e. The Balaban J connectivity index is 1.61. The predicted octanol–water partition coefficient (Wildman–Crippen LogP) is 4.87. The second-order valence-electron chi connectivity index (χ2n) is 7.77. The van der Waals surface area contributed by atoms with Gasteiger partial charge in [-0.2, -0.15) is 0 Å². The third kappa shape index (κ3) is 5.67. The van der Waals surface area contributed by atoms with E-state index in [-0.39, 0.29) is 12.1 Å². The first-order chi connectivity index (χ1) is 13.1. The Hall–Kier alpha value is -2.13. The molecule has 0 aromatic heterocycles. The highest BCUT2D eigenvalue weighted by atomic mass is 16.5. The van der Waals surface area contributed by atoms with E-state index in [4.69, 9.17) is 4.74 Å². The van der Waals surface area contributed by atoms with Crippen LogP contribution in [0.15, 0.2) is 60.7 Å². The summed E-state index contributed by atoms with van der Waals surface area (Å²) >= 11 is 0. The Labute approximate surface area is 163 Å². The van der Waals surface area contributed by atoms with E-state index in [0.29, 0.717) is 18.3 Å². The SMILES string of the molecule is CC(C)OC(=O)CCN1CCC(C(c2ccccc2)c2ccccc2)CC1. The molecular weight excluding hydrogens is 334 g/mol. The van der Waals surface area contributed by atoms with Crippen molar-refractivity contribution in [2.75, 3.05) is 19.6 Å². The highest BCUT2D eigenvalue weighted by Gasteiger charge is 2.28. The van der Waals surface area contributed by atoms with Crippen LogP contribution in [0.25, 0.3) is 0 Å². The second-order valence-corrected chi connectivity index (χ2v) is 7.77. The highest BCUT2D eigenvalue weighted by Crippen LogP contribution is 2.37. The topological polar surface area (TPSA) is 29.5 Å². The first-order valence-corrected chi connectivity index (χ1v) is 10.1. The number of likely N-dealkylation sites (tertiary alicyclic amines) is 1. The zero-order valence-corrected chi connectivity index (χ0v) is 16.5. The molecule has 2 aromatic carbocycles. The molecule has 0 radical (unpaired) electrons. The van der Waals surface area contributed by atoms with Gasteiger partial charge in [-0.25, -0.2) is 0 Å². The van der Waals surface area contributed by atoms with Crippen LogP contribution >= 0.6 is 0 Å². The first-order valence-electron chi connectivity index (χ1n) is 10.1. The van der Waals surface area contributed by atoms with Crippen molar-refractivity contribution in [3.8, 4) is 0 Å². The second kappa shape index (κ2) is 9.70. The molecule has 0 spiro atoms. The quantitative estimate of drug-likeness (QED) is 0.656. The lowest BCUT2D eigenvalue weighted by Gasteiger charge is -2.36. The number of hydrogen-bond acceptors (Lipinski definition) is 3. The zero-order chi connectivity index (χ0) is 19.1. The summed E-state index contributed by atoms with van der Waals surface area (Å²) in [4.78, 5) is 14.2. The number of hydrogen-bond donors (Lipinski definition) is 0. The van der Waals surface area contributed by atoms with Crippen LogP contribution in [0.4, 0.5) is 0 Å². The molecule has 1 fully saturated rings. The number of rotatable bonds is 7. The van der Waals surface area contributed by atoms with Gasteiger partial charge in [0, 0.05) is 12.5 Å². The number of carbonyl (C=O) groups excluding carboxylic acids is 1. The molecule has 3 rings (SSSR count). The molecule has 27 heavy (non-hydrogen) atoms. The molecule has 2 aromatic rings. The van der Waals surface area contributed by atoms with E-state index < -0.39 is 0 Å².